The number of para-hydroxylation sites is 2. The van der Waals surface area contributed by atoms with Gasteiger partial charge in [0.2, 0.25) is 0 Å². The highest BCUT2D eigenvalue weighted by Gasteiger charge is 2.16. The number of hydrogen-bond donors (Lipinski definition) is 0. The molecule has 5 heteroatoms. The first-order valence-corrected chi connectivity index (χ1v) is 7.44. The van der Waals surface area contributed by atoms with Crippen LogP contribution < -0.4 is 4.74 Å². The molecule has 0 bridgehead atoms. The minimum Gasteiger partial charge on any atom is -0.487 e. The van der Waals surface area contributed by atoms with E-state index in [1.807, 2.05) is 54.6 Å². The lowest BCUT2D eigenvalue weighted by atomic mass is 10.1. The minimum atomic E-state index is 0.234. The molecule has 0 saturated carbocycles. The fourth-order valence-corrected chi connectivity index (χ4v) is 2.40. The highest BCUT2D eigenvalue weighted by Crippen LogP contribution is 2.19. The smallest absolute Gasteiger partial charge is 0.189 e. The normalized spacial score (nSPS) is 10.3. The van der Waals surface area contributed by atoms with Gasteiger partial charge in [0.05, 0.1) is 5.69 Å². The molecule has 0 N–H and O–H groups in total. The van der Waals surface area contributed by atoms with Crippen LogP contribution in [0.15, 0.2) is 54.6 Å². The molecule has 2 aromatic carbocycles. The first kappa shape index (κ1) is 14.8. The van der Waals surface area contributed by atoms with E-state index >= 15 is 0 Å². The second kappa shape index (κ2) is 6.75. The van der Waals surface area contributed by atoms with Crippen molar-refractivity contribution in [2.75, 3.05) is 0 Å². The maximum Gasteiger partial charge on any atom is 0.189 e. The van der Waals surface area contributed by atoms with Crippen LogP contribution >= 0.6 is 0 Å². The average molecular weight is 304 g/mol. The molecule has 0 radical (unpaired) electrons. The van der Waals surface area contributed by atoms with Crippen LogP contribution in [0.3, 0.4) is 0 Å². The Labute approximate surface area is 134 Å². The molecule has 0 spiro atoms. The van der Waals surface area contributed by atoms with Crippen LogP contribution in [-0.2, 0) is 13.0 Å². The third kappa shape index (κ3) is 3.06. The molecular formula is C18H16N4O. The van der Waals surface area contributed by atoms with Gasteiger partial charge in [-0.25, -0.2) is 4.68 Å². The summed E-state index contributed by atoms with van der Waals surface area (Å²) in [5.74, 6) is 0.743. The van der Waals surface area contributed by atoms with Gasteiger partial charge in [-0.1, -0.05) is 48.5 Å². The molecule has 0 atom stereocenters. The molecule has 0 amide bonds. The standard InChI is InChI=1S/C18H16N4O/c1-2-14-8-6-7-11-17(14)22-18(16(12-19)20-21-22)13-23-15-9-4-3-5-10-15/h3-11H,2,13H2,1H3. The van der Waals surface area contributed by atoms with Crippen molar-refractivity contribution in [1.82, 2.24) is 15.0 Å². The second-order valence-corrected chi connectivity index (χ2v) is 4.99. The quantitative estimate of drug-likeness (QED) is 0.725. The predicted molar refractivity (Wildman–Crippen MR) is 86.2 cm³/mol. The van der Waals surface area contributed by atoms with Crippen LogP contribution in [0.2, 0.25) is 0 Å². The molecule has 1 aromatic heterocycles. The van der Waals surface area contributed by atoms with Gasteiger partial charge in [-0.2, -0.15) is 5.26 Å². The molecule has 0 fully saturated rings. The minimum absolute atomic E-state index is 0.234. The van der Waals surface area contributed by atoms with Gasteiger partial charge in [-0.3, -0.25) is 0 Å². The van der Waals surface area contributed by atoms with Gasteiger partial charge >= 0.3 is 0 Å². The van der Waals surface area contributed by atoms with E-state index in [0.29, 0.717) is 5.69 Å². The summed E-state index contributed by atoms with van der Waals surface area (Å²) in [5.41, 5.74) is 3.00. The van der Waals surface area contributed by atoms with Crippen molar-refractivity contribution in [3.63, 3.8) is 0 Å². The summed E-state index contributed by atoms with van der Waals surface area (Å²) in [6, 6.07) is 19.5. The summed E-state index contributed by atoms with van der Waals surface area (Å²) < 4.78 is 7.47. The van der Waals surface area contributed by atoms with Gasteiger partial charge < -0.3 is 4.74 Å². The van der Waals surface area contributed by atoms with Crippen LogP contribution in [0.4, 0.5) is 0 Å². The van der Waals surface area contributed by atoms with Gasteiger partial charge in [-0.15, -0.1) is 5.10 Å². The predicted octanol–water partition coefficient (Wildman–Crippen LogP) is 3.28. The number of rotatable bonds is 5. The summed E-state index contributed by atoms with van der Waals surface area (Å²) in [5, 5.41) is 17.4. The maximum absolute atomic E-state index is 9.28. The molecule has 0 aliphatic rings. The van der Waals surface area contributed by atoms with Crippen molar-refractivity contribution in [1.29, 1.82) is 5.26 Å². The number of benzene rings is 2. The molecule has 5 nitrogen and oxygen atoms in total. The highest BCUT2D eigenvalue weighted by atomic mass is 16.5. The Morgan fingerprint density at radius 3 is 2.57 bits per heavy atom. The Hall–Kier alpha value is -3.13. The van der Waals surface area contributed by atoms with E-state index in [4.69, 9.17) is 4.74 Å². The maximum atomic E-state index is 9.28. The van der Waals surface area contributed by atoms with Crippen molar-refractivity contribution in [2.45, 2.75) is 20.0 Å². The van der Waals surface area contributed by atoms with E-state index in [9.17, 15) is 5.26 Å². The van der Waals surface area contributed by atoms with Gasteiger partial charge in [0.15, 0.2) is 5.69 Å². The SMILES string of the molecule is CCc1ccccc1-n1nnc(C#N)c1COc1ccccc1. The van der Waals surface area contributed by atoms with Crippen LogP contribution in [0.25, 0.3) is 5.69 Å². The van der Waals surface area contributed by atoms with Crippen molar-refractivity contribution in [3.8, 4) is 17.5 Å². The molecule has 3 aromatic rings. The first-order chi connectivity index (χ1) is 11.3. The lowest BCUT2D eigenvalue weighted by Gasteiger charge is -2.11. The number of nitriles is 1. The van der Waals surface area contributed by atoms with E-state index in [0.717, 1.165) is 23.4 Å². The Balaban J connectivity index is 1.96. The highest BCUT2D eigenvalue weighted by molar-refractivity contribution is 5.43. The monoisotopic (exact) mass is 304 g/mol. The summed E-state index contributed by atoms with van der Waals surface area (Å²) in [4.78, 5) is 0. The molecule has 0 aliphatic heterocycles. The van der Waals surface area contributed by atoms with Gasteiger partial charge in [-0.05, 0) is 30.2 Å². The van der Waals surface area contributed by atoms with Crippen molar-refractivity contribution in [2.24, 2.45) is 0 Å². The Morgan fingerprint density at radius 1 is 1.09 bits per heavy atom. The molecule has 23 heavy (non-hydrogen) atoms. The molecule has 0 unspecified atom stereocenters. The zero-order valence-corrected chi connectivity index (χ0v) is 12.8. The van der Waals surface area contributed by atoms with E-state index in [1.54, 1.807) is 4.68 Å². The van der Waals surface area contributed by atoms with Crippen LogP contribution in [-0.4, -0.2) is 15.0 Å². The number of hydrogen-bond acceptors (Lipinski definition) is 4. The number of ether oxygens (including phenoxy) is 1. The molecule has 3 rings (SSSR count). The van der Waals surface area contributed by atoms with E-state index in [-0.39, 0.29) is 12.3 Å². The second-order valence-electron chi connectivity index (χ2n) is 4.99. The Bertz CT molecular complexity index is 834. The fraction of sp³-hybridized carbons (Fsp3) is 0.167. The van der Waals surface area contributed by atoms with Crippen molar-refractivity contribution >= 4 is 0 Å². The summed E-state index contributed by atoms with van der Waals surface area (Å²) in [7, 11) is 0. The van der Waals surface area contributed by atoms with Crippen molar-refractivity contribution < 1.29 is 4.74 Å². The van der Waals surface area contributed by atoms with E-state index < -0.39 is 0 Å². The summed E-state index contributed by atoms with van der Waals surface area (Å²) in [6.45, 7) is 2.32. The van der Waals surface area contributed by atoms with E-state index in [1.165, 1.54) is 0 Å². The van der Waals surface area contributed by atoms with Crippen molar-refractivity contribution in [3.05, 3.63) is 71.5 Å². The van der Waals surface area contributed by atoms with Crippen LogP contribution in [0, 0.1) is 11.3 Å². The third-order valence-corrected chi connectivity index (χ3v) is 3.59. The molecular weight excluding hydrogens is 288 g/mol. The number of nitrogens with zero attached hydrogens (tertiary/aromatic N) is 4. The third-order valence-electron chi connectivity index (χ3n) is 3.59. The number of aromatic nitrogens is 3. The van der Waals surface area contributed by atoms with Gasteiger partial charge in [0.1, 0.15) is 24.1 Å². The zero-order valence-electron chi connectivity index (χ0n) is 12.8. The lowest BCUT2D eigenvalue weighted by molar-refractivity contribution is 0.297. The largest absolute Gasteiger partial charge is 0.487 e. The molecule has 0 saturated heterocycles. The number of aryl methyl sites for hydroxylation is 1. The first-order valence-electron chi connectivity index (χ1n) is 7.44. The lowest BCUT2D eigenvalue weighted by Crippen LogP contribution is -2.09. The topological polar surface area (TPSA) is 63.7 Å². The van der Waals surface area contributed by atoms with Crippen LogP contribution in [0.5, 0.6) is 5.75 Å². The molecule has 114 valence electrons. The summed E-state index contributed by atoms with van der Waals surface area (Å²) in [6.07, 6.45) is 0.872. The average Bonchev–Trinajstić information content (AvgIpc) is 3.03. The van der Waals surface area contributed by atoms with E-state index in [2.05, 4.69) is 23.3 Å². The van der Waals surface area contributed by atoms with Gasteiger partial charge in [0, 0.05) is 0 Å². The van der Waals surface area contributed by atoms with Crippen LogP contribution in [0.1, 0.15) is 23.9 Å². The fourth-order valence-electron chi connectivity index (χ4n) is 2.40. The van der Waals surface area contributed by atoms with Gasteiger partial charge in [0.25, 0.3) is 0 Å². The summed E-state index contributed by atoms with van der Waals surface area (Å²) >= 11 is 0. The molecule has 0 aliphatic carbocycles. The Kier molecular flexibility index (Phi) is 4.34. The molecule has 1 heterocycles. The zero-order chi connectivity index (χ0) is 16.1. The Morgan fingerprint density at radius 2 is 1.83 bits per heavy atom.